The zero-order valence-corrected chi connectivity index (χ0v) is 19.8. The number of carboxylic acids is 1. The lowest BCUT2D eigenvalue weighted by molar-refractivity contribution is -0.149. The van der Waals surface area contributed by atoms with Gasteiger partial charge < -0.3 is 20.1 Å². The molecule has 7 nitrogen and oxygen atoms in total. The fraction of sp³-hybridized carbons (Fsp3) is 0.864. The van der Waals surface area contributed by atoms with E-state index in [9.17, 15) is 19.5 Å². The lowest BCUT2D eigenvalue weighted by Crippen LogP contribution is -2.55. The van der Waals surface area contributed by atoms with E-state index in [1.54, 1.807) is 11.8 Å². The Morgan fingerprint density at radius 2 is 1.80 bits per heavy atom. The van der Waals surface area contributed by atoms with E-state index in [2.05, 4.69) is 26.1 Å². The number of alkyl carbamates (subject to hydrolysis) is 1. The second-order valence-electron chi connectivity index (χ2n) is 9.94. The lowest BCUT2D eigenvalue weighted by Gasteiger charge is -2.34. The van der Waals surface area contributed by atoms with Gasteiger partial charge in [-0.05, 0) is 31.1 Å². The first kappa shape index (κ1) is 24.8. The molecule has 3 atom stereocenters. The molecule has 1 aliphatic carbocycles. The highest BCUT2D eigenvalue weighted by Crippen LogP contribution is 2.37. The molecule has 0 spiro atoms. The predicted molar refractivity (Wildman–Crippen MR) is 119 cm³/mol. The van der Waals surface area contributed by atoms with E-state index in [0.29, 0.717) is 13.0 Å². The van der Waals surface area contributed by atoms with E-state index in [-0.39, 0.29) is 34.3 Å². The van der Waals surface area contributed by atoms with Gasteiger partial charge in [-0.1, -0.05) is 53.9 Å². The van der Waals surface area contributed by atoms with Gasteiger partial charge >= 0.3 is 12.1 Å². The van der Waals surface area contributed by atoms with Crippen LogP contribution in [-0.4, -0.2) is 63.2 Å². The summed E-state index contributed by atoms with van der Waals surface area (Å²) >= 11 is 1.71. The quantitative estimate of drug-likeness (QED) is 0.621. The number of thioether (sulfide) groups is 1. The van der Waals surface area contributed by atoms with Crippen LogP contribution in [0.2, 0.25) is 0 Å². The third-order valence-corrected chi connectivity index (χ3v) is 6.94. The van der Waals surface area contributed by atoms with Crippen LogP contribution in [0.3, 0.4) is 0 Å². The molecule has 0 aromatic heterocycles. The minimum Gasteiger partial charge on any atom is -0.480 e. The summed E-state index contributed by atoms with van der Waals surface area (Å²) in [5, 5.41) is 12.6. The van der Waals surface area contributed by atoms with Gasteiger partial charge in [0.05, 0.1) is 6.61 Å². The van der Waals surface area contributed by atoms with Crippen molar-refractivity contribution >= 4 is 29.7 Å². The summed E-state index contributed by atoms with van der Waals surface area (Å²) in [5.74, 6) is -1.05. The molecule has 8 heteroatoms. The summed E-state index contributed by atoms with van der Waals surface area (Å²) in [4.78, 5) is 39.3. The molecule has 0 bridgehead atoms. The van der Waals surface area contributed by atoms with Gasteiger partial charge in [-0.25, -0.2) is 9.59 Å². The maximum absolute atomic E-state index is 13.5. The van der Waals surface area contributed by atoms with Crippen molar-refractivity contribution in [2.45, 2.75) is 95.2 Å². The number of aliphatic carboxylic acids is 1. The number of carbonyl (C=O) groups excluding carboxylic acids is 2. The third kappa shape index (κ3) is 7.36. The topological polar surface area (TPSA) is 95.9 Å². The Balaban J connectivity index is 2.17. The van der Waals surface area contributed by atoms with Gasteiger partial charge in [0.15, 0.2) is 0 Å². The number of rotatable bonds is 7. The molecular weight excluding hydrogens is 404 g/mol. The Hall–Kier alpha value is -1.44. The molecule has 1 saturated carbocycles. The smallest absolute Gasteiger partial charge is 0.407 e. The molecule has 30 heavy (non-hydrogen) atoms. The summed E-state index contributed by atoms with van der Waals surface area (Å²) in [6.07, 6.45) is 4.70. The van der Waals surface area contributed by atoms with Gasteiger partial charge in [0.25, 0.3) is 0 Å². The van der Waals surface area contributed by atoms with Gasteiger partial charge in [-0.15, -0.1) is 0 Å². The van der Waals surface area contributed by atoms with Crippen molar-refractivity contribution in [3.8, 4) is 0 Å². The minimum atomic E-state index is -0.981. The highest BCUT2D eigenvalue weighted by atomic mass is 32.2. The maximum Gasteiger partial charge on any atom is 0.407 e. The zero-order chi connectivity index (χ0) is 22.5. The number of nitrogens with zero attached hydrogens (tertiary/aromatic N) is 1. The first-order valence-electron chi connectivity index (χ1n) is 11.1. The van der Waals surface area contributed by atoms with E-state index >= 15 is 0 Å². The fourth-order valence-electron chi connectivity index (χ4n) is 4.30. The SMILES string of the molecule is CC(C)COC(=O)N[C@H](C(=O)N1C[C@H](SC(C)(C)C)C[C@H]1C(=O)O)C1CCCCC1. The van der Waals surface area contributed by atoms with Crippen molar-refractivity contribution in [3.63, 3.8) is 0 Å². The molecule has 2 fully saturated rings. The standard InChI is InChI=1S/C22H38N2O5S/c1-14(2)13-29-21(28)23-18(15-9-7-6-8-10-15)19(25)24-12-16(30-22(3,4)5)11-17(24)20(26)27/h14-18H,6-13H2,1-5H3,(H,23,28)(H,26,27)/t16-,17+,18+/m1/s1. The van der Waals surface area contributed by atoms with Gasteiger partial charge in [0.2, 0.25) is 5.91 Å². The van der Waals surface area contributed by atoms with Gasteiger partial charge in [0, 0.05) is 16.5 Å². The molecule has 2 aliphatic rings. The Kier molecular flexibility index (Phi) is 8.88. The molecule has 0 aromatic rings. The van der Waals surface area contributed by atoms with Crippen molar-refractivity contribution in [2.75, 3.05) is 13.2 Å². The molecule has 2 amide bonds. The van der Waals surface area contributed by atoms with Crippen LogP contribution in [0.1, 0.15) is 73.1 Å². The summed E-state index contributed by atoms with van der Waals surface area (Å²) in [5.41, 5.74) is 0. The summed E-state index contributed by atoms with van der Waals surface area (Å²) in [7, 11) is 0. The van der Waals surface area contributed by atoms with Crippen LogP contribution in [-0.2, 0) is 14.3 Å². The van der Waals surface area contributed by atoms with E-state index in [1.165, 1.54) is 4.90 Å². The number of amides is 2. The number of ether oxygens (including phenoxy) is 1. The third-order valence-electron chi connectivity index (χ3n) is 5.56. The normalized spacial score (nSPS) is 24.0. The van der Waals surface area contributed by atoms with Crippen LogP contribution in [0.4, 0.5) is 4.79 Å². The summed E-state index contributed by atoms with van der Waals surface area (Å²) < 4.78 is 5.24. The van der Waals surface area contributed by atoms with Gasteiger partial charge in [0.1, 0.15) is 12.1 Å². The largest absolute Gasteiger partial charge is 0.480 e. The van der Waals surface area contributed by atoms with Crippen LogP contribution in [0.5, 0.6) is 0 Å². The van der Waals surface area contributed by atoms with Crippen LogP contribution in [0.15, 0.2) is 0 Å². The molecule has 2 N–H and O–H groups in total. The predicted octanol–water partition coefficient (Wildman–Crippen LogP) is 3.90. The monoisotopic (exact) mass is 442 g/mol. The van der Waals surface area contributed by atoms with Crippen LogP contribution in [0.25, 0.3) is 0 Å². The number of carboxylic acid groups (broad SMARTS) is 1. The molecule has 0 radical (unpaired) electrons. The first-order chi connectivity index (χ1) is 14.0. The Morgan fingerprint density at radius 3 is 2.33 bits per heavy atom. The molecule has 0 unspecified atom stereocenters. The number of likely N-dealkylation sites (tertiary alicyclic amines) is 1. The maximum atomic E-state index is 13.5. The van der Waals surface area contributed by atoms with Crippen molar-refractivity contribution in [3.05, 3.63) is 0 Å². The Labute approximate surface area is 184 Å². The van der Waals surface area contributed by atoms with Gasteiger partial charge in [-0.2, -0.15) is 11.8 Å². The van der Waals surface area contributed by atoms with Crippen molar-refractivity contribution in [1.29, 1.82) is 0 Å². The highest BCUT2D eigenvalue weighted by Gasteiger charge is 2.45. The summed E-state index contributed by atoms with van der Waals surface area (Å²) in [6, 6.07) is -1.58. The first-order valence-corrected chi connectivity index (χ1v) is 12.0. The number of hydrogen-bond acceptors (Lipinski definition) is 5. The number of carbonyl (C=O) groups is 3. The molecular formula is C22H38N2O5S. The Bertz CT molecular complexity index is 613. The Morgan fingerprint density at radius 1 is 1.17 bits per heavy atom. The summed E-state index contributed by atoms with van der Waals surface area (Å²) in [6.45, 7) is 10.9. The van der Waals surface area contributed by atoms with Crippen molar-refractivity contribution < 1.29 is 24.2 Å². The molecule has 172 valence electrons. The van der Waals surface area contributed by atoms with E-state index in [4.69, 9.17) is 4.74 Å². The van der Waals surface area contributed by atoms with Crippen LogP contribution >= 0.6 is 11.8 Å². The van der Waals surface area contributed by atoms with E-state index in [0.717, 1.165) is 32.1 Å². The highest BCUT2D eigenvalue weighted by molar-refractivity contribution is 8.01. The average molecular weight is 443 g/mol. The second-order valence-corrected chi connectivity index (χ2v) is 12.1. The number of nitrogens with one attached hydrogen (secondary N) is 1. The minimum absolute atomic E-state index is 0.0154. The molecule has 1 heterocycles. The van der Waals surface area contributed by atoms with Gasteiger partial charge in [-0.3, -0.25) is 4.79 Å². The van der Waals surface area contributed by atoms with Crippen molar-refractivity contribution in [1.82, 2.24) is 10.2 Å². The van der Waals surface area contributed by atoms with Crippen molar-refractivity contribution in [2.24, 2.45) is 11.8 Å². The fourth-order valence-corrected chi connectivity index (χ4v) is 5.81. The molecule has 2 rings (SSSR count). The zero-order valence-electron chi connectivity index (χ0n) is 19.0. The lowest BCUT2D eigenvalue weighted by atomic mass is 9.83. The molecule has 1 saturated heterocycles. The second kappa shape index (κ2) is 10.7. The van der Waals surface area contributed by atoms with E-state index in [1.807, 2.05) is 13.8 Å². The van der Waals surface area contributed by atoms with Crippen LogP contribution in [0, 0.1) is 11.8 Å². The molecule has 0 aromatic carbocycles. The van der Waals surface area contributed by atoms with Crippen LogP contribution < -0.4 is 5.32 Å². The molecule has 1 aliphatic heterocycles. The average Bonchev–Trinajstić information content (AvgIpc) is 3.07. The van der Waals surface area contributed by atoms with E-state index < -0.39 is 24.1 Å². The number of hydrogen-bond donors (Lipinski definition) is 2.